The Labute approximate surface area is 197 Å². The highest BCUT2D eigenvalue weighted by Crippen LogP contribution is 2.39. The molecule has 2 aromatic heterocycles. The third kappa shape index (κ3) is 4.34. The third-order valence-corrected chi connectivity index (χ3v) is 6.33. The zero-order valence-electron chi connectivity index (χ0n) is 18.6. The number of hydrogen-bond acceptors (Lipinski definition) is 5. The van der Waals surface area contributed by atoms with Crippen molar-refractivity contribution in [2.24, 2.45) is 7.05 Å². The summed E-state index contributed by atoms with van der Waals surface area (Å²) in [4.78, 5) is 37.7. The van der Waals surface area contributed by atoms with Crippen LogP contribution in [0.25, 0.3) is 21.2 Å². The maximum Gasteiger partial charge on any atom is 0.268 e. The van der Waals surface area contributed by atoms with Crippen LogP contribution in [-0.2, 0) is 7.05 Å². The van der Waals surface area contributed by atoms with Crippen molar-refractivity contribution in [3.05, 3.63) is 81.1 Å². The average Bonchev–Trinajstić information content (AvgIpc) is 3.24. The number of rotatable bonds is 6. The van der Waals surface area contributed by atoms with Gasteiger partial charge < -0.3 is 14.6 Å². The quantitative estimate of drug-likeness (QED) is 0.379. The number of ketones is 1. The van der Waals surface area contributed by atoms with Crippen molar-refractivity contribution in [2.45, 2.75) is 13.8 Å². The van der Waals surface area contributed by atoms with Gasteiger partial charge in [-0.2, -0.15) is 0 Å². The number of fused-ring (bicyclic) bond motifs is 1. The smallest absolute Gasteiger partial charge is 0.268 e. The van der Waals surface area contributed by atoms with Gasteiger partial charge in [0, 0.05) is 47.9 Å². The Morgan fingerprint density at radius 3 is 2.47 bits per heavy atom. The Bertz CT molecular complexity index is 1510. The standard InChI is InChI=1S/C25H20F2N2O4S/c1-4-28-24(31)22-11-17-18(12-29(3)25(32)23(17)34-22)16-9-14(13(2)30)5-7-20(16)33-21-8-6-15(26)10-19(21)27/h5-12H,4H2,1-3H3,(H,28,31). The number of nitrogens with zero attached hydrogens (tertiary/aromatic N) is 1. The summed E-state index contributed by atoms with van der Waals surface area (Å²) in [7, 11) is 1.58. The van der Waals surface area contributed by atoms with E-state index in [1.54, 1.807) is 32.3 Å². The molecule has 2 aromatic carbocycles. The molecule has 0 atom stereocenters. The van der Waals surface area contributed by atoms with Crippen LogP contribution in [0, 0.1) is 11.6 Å². The second-order valence-electron chi connectivity index (χ2n) is 7.62. The minimum atomic E-state index is -0.888. The summed E-state index contributed by atoms with van der Waals surface area (Å²) in [6, 6.07) is 9.21. The molecule has 9 heteroatoms. The number of pyridine rings is 1. The fourth-order valence-corrected chi connectivity index (χ4v) is 4.60. The number of amides is 1. The average molecular weight is 483 g/mol. The van der Waals surface area contributed by atoms with Crippen molar-refractivity contribution >= 4 is 33.1 Å². The van der Waals surface area contributed by atoms with Gasteiger partial charge in [-0.1, -0.05) is 0 Å². The van der Waals surface area contributed by atoms with Gasteiger partial charge in [0.25, 0.3) is 11.5 Å². The highest BCUT2D eigenvalue weighted by Gasteiger charge is 2.20. The van der Waals surface area contributed by atoms with Crippen molar-refractivity contribution in [1.82, 2.24) is 9.88 Å². The van der Waals surface area contributed by atoms with Crippen molar-refractivity contribution in [3.63, 3.8) is 0 Å². The maximum absolute atomic E-state index is 14.3. The second-order valence-corrected chi connectivity index (χ2v) is 8.67. The Hall–Kier alpha value is -3.85. The van der Waals surface area contributed by atoms with Crippen molar-refractivity contribution < 1.29 is 23.1 Å². The summed E-state index contributed by atoms with van der Waals surface area (Å²) in [5.74, 6) is -2.14. The highest BCUT2D eigenvalue weighted by molar-refractivity contribution is 7.20. The molecule has 174 valence electrons. The number of Topliss-reactive ketones (excluding diaryl/α,β-unsaturated/α-hetero) is 1. The molecule has 0 aliphatic carbocycles. The third-order valence-electron chi connectivity index (χ3n) is 5.21. The molecule has 0 fully saturated rings. The predicted molar refractivity (Wildman–Crippen MR) is 127 cm³/mol. The van der Waals surface area contributed by atoms with Crippen LogP contribution in [0.15, 0.2) is 53.5 Å². The van der Waals surface area contributed by atoms with Crippen molar-refractivity contribution in [2.75, 3.05) is 6.54 Å². The van der Waals surface area contributed by atoms with Gasteiger partial charge in [-0.3, -0.25) is 14.4 Å². The van der Waals surface area contributed by atoms with Crippen LogP contribution in [0.2, 0.25) is 0 Å². The number of benzene rings is 2. The SMILES string of the molecule is CCNC(=O)c1cc2c(-c3cc(C(C)=O)ccc3Oc3ccc(F)cc3F)cn(C)c(=O)c2s1. The number of aromatic nitrogens is 1. The highest BCUT2D eigenvalue weighted by atomic mass is 32.1. The molecular formula is C25H20F2N2O4S. The molecule has 0 bridgehead atoms. The summed E-state index contributed by atoms with van der Waals surface area (Å²) in [6.45, 7) is 3.63. The Balaban J connectivity index is 1.96. The summed E-state index contributed by atoms with van der Waals surface area (Å²) in [5, 5.41) is 3.22. The van der Waals surface area contributed by atoms with E-state index in [0.717, 1.165) is 17.4 Å². The first-order chi connectivity index (χ1) is 16.2. The van der Waals surface area contributed by atoms with Gasteiger partial charge in [0.2, 0.25) is 0 Å². The minimum Gasteiger partial charge on any atom is -0.454 e. The van der Waals surface area contributed by atoms with E-state index in [1.807, 2.05) is 0 Å². The van der Waals surface area contributed by atoms with Crippen LogP contribution in [0.3, 0.4) is 0 Å². The molecular weight excluding hydrogens is 462 g/mol. The van der Waals surface area contributed by atoms with Gasteiger partial charge >= 0.3 is 0 Å². The van der Waals surface area contributed by atoms with E-state index in [4.69, 9.17) is 4.74 Å². The molecule has 6 nitrogen and oxygen atoms in total. The van der Waals surface area contributed by atoms with Crippen molar-refractivity contribution in [3.8, 4) is 22.6 Å². The van der Waals surface area contributed by atoms with E-state index in [9.17, 15) is 23.2 Å². The summed E-state index contributed by atoms with van der Waals surface area (Å²) in [6.07, 6.45) is 1.58. The van der Waals surface area contributed by atoms with Gasteiger partial charge in [0.15, 0.2) is 17.3 Å². The van der Waals surface area contributed by atoms with Gasteiger partial charge in [-0.15, -0.1) is 11.3 Å². The maximum atomic E-state index is 14.3. The molecule has 0 aliphatic heterocycles. The van der Waals surface area contributed by atoms with Crippen LogP contribution in [-0.4, -0.2) is 22.8 Å². The summed E-state index contributed by atoms with van der Waals surface area (Å²) >= 11 is 1.06. The van der Waals surface area contributed by atoms with Gasteiger partial charge in [-0.05, 0) is 50.2 Å². The van der Waals surface area contributed by atoms with Crippen LogP contribution in [0.4, 0.5) is 8.78 Å². The molecule has 0 aliphatic rings. The van der Waals surface area contributed by atoms with Crippen LogP contribution in [0.5, 0.6) is 11.5 Å². The molecule has 0 unspecified atom stereocenters. The number of halogens is 2. The van der Waals surface area contributed by atoms with Crippen LogP contribution >= 0.6 is 11.3 Å². The largest absolute Gasteiger partial charge is 0.454 e. The first-order valence-corrected chi connectivity index (χ1v) is 11.2. The van der Waals surface area contributed by atoms with Gasteiger partial charge in [0.05, 0.1) is 4.88 Å². The van der Waals surface area contributed by atoms with E-state index in [-0.39, 0.29) is 28.7 Å². The molecule has 0 saturated carbocycles. The fourth-order valence-electron chi connectivity index (χ4n) is 3.53. The summed E-state index contributed by atoms with van der Waals surface area (Å²) in [5.41, 5.74) is 1.03. The number of thiophene rings is 1. The number of hydrogen-bond donors (Lipinski definition) is 1. The lowest BCUT2D eigenvalue weighted by Crippen LogP contribution is -2.21. The van der Waals surface area contributed by atoms with E-state index in [1.165, 1.54) is 29.7 Å². The molecule has 4 aromatic rings. The monoisotopic (exact) mass is 482 g/mol. The lowest BCUT2D eigenvalue weighted by atomic mass is 9.99. The molecule has 0 radical (unpaired) electrons. The van der Waals surface area contributed by atoms with E-state index >= 15 is 0 Å². The first-order valence-electron chi connectivity index (χ1n) is 10.4. The topological polar surface area (TPSA) is 77.4 Å². The van der Waals surface area contributed by atoms with E-state index in [0.29, 0.717) is 44.3 Å². The van der Waals surface area contributed by atoms with Crippen LogP contribution < -0.4 is 15.6 Å². The van der Waals surface area contributed by atoms with Crippen molar-refractivity contribution in [1.29, 1.82) is 0 Å². The number of carbonyl (C=O) groups is 2. The lowest BCUT2D eigenvalue weighted by Gasteiger charge is -2.15. The summed E-state index contributed by atoms with van der Waals surface area (Å²) < 4.78 is 35.2. The fraction of sp³-hybridized carbons (Fsp3) is 0.160. The van der Waals surface area contributed by atoms with E-state index in [2.05, 4.69) is 5.32 Å². The Morgan fingerprint density at radius 2 is 1.79 bits per heavy atom. The number of aryl methyl sites for hydroxylation is 1. The predicted octanol–water partition coefficient (Wildman–Crippen LogP) is 5.29. The molecule has 1 amide bonds. The van der Waals surface area contributed by atoms with E-state index < -0.39 is 11.6 Å². The number of carbonyl (C=O) groups excluding carboxylic acids is 2. The Kier molecular flexibility index (Phi) is 6.30. The Morgan fingerprint density at radius 1 is 1.06 bits per heavy atom. The molecule has 0 spiro atoms. The zero-order chi connectivity index (χ0) is 24.6. The zero-order valence-corrected chi connectivity index (χ0v) is 19.4. The molecule has 4 rings (SSSR count). The number of ether oxygens (including phenoxy) is 1. The normalized spacial score (nSPS) is 11.0. The molecule has 34 heavy (non-hydrogen) atoms. The minimum absolute atomic E-state index is 0.196. The lowest BCUT2D eigenvalue weighted by molar-refractivity contribution is 0.0958. The number of nitrogens with one attached hydrogen (secondary N) is 1. The van der Waals surface area contributed by atoms with Crippen LogP contribution in [0.1, 0.15) is 33.9 Å². The first kappa shape index (κ1) is 23.3. The van der Waals surface area contributed by atoms with Gasteiger partial charge in [0.1, 0.15) is 16.3 Å². The molecule has 2 heterocycles. The molecule has 0 saturated heterocycles. The second kappa shape index (κ2) is 9.18. The molecule has 1 N–H and O–H groups in total. The van der Waals surface area contributed by atoms with Gasteiger partial charge in [-0.25, -0.2) is 8.78 Å².